The van der Waals surface area contributed by atoms with Gasteiger partial charge in [0.15, 0.2) is 26.8 Å². The number of nitrogens with one attached hydrogen (secondary N) is 1. The van der Waals surface area contributed by atoms with Gasteiger partial charge < -0.3 is 42.9 Å². The monoisotopic (exact) mass is 677 g/mol. The summed E-state index contributed by atoms with van der Waals surface area (Å²) in [7, 11) is -0.872. The summed E-state index contributed by atoms with van der Waals surface area (Å²) in [6.07, 6.45) is -1.31. The number of methoxy groups -OCH3 is 1. The lowest BCUT2D eigenvalue weighted by Crippen LogP contribution is -2.67. The number of halogens is 3. The van der Waals surface area contributed by atoms with Gasteiger partial charge in [-0.2, -0.15) is 0 Å². The molecule has 0 bridgehead atoms. The van der Waals surface area contributed by atoms with Crippen molar-refractivity contribution >= 4 is 61.5 Å². The standard InChI is InChI=1S/C26H42Cl3NO11Si/c1-7-10-11-12-15-42(5,6)38-16-18-20(40-24(32)35-13-8-2)21(41-25(33)36-14-9-3)19(22(34-4)39-18)30-23(31)37-17-26(27,28)29/h8-9,18-22H,2-3,7,10-17H2,1,4-6H3,(H,30,31)/t18-,19-,20-,21-,22+/m1/s1. The molecule has 0 saturated carbocycles. The van der Waals surface area contributed by atoms with Gasteiger partial charge in [0.2, 0.25) is 3.79 Å². The van der Waals surface area contributed by atoms with Gasteiger partial charge >= 0.3 is 18.4 Å². The lowest BCUT2D eigenvalue weighted by Gasteiger charge is -2.44. The molecule has 0 aromatic heterocycles. The third-order valence-electron chi connectivity index (χ3n) is 5.90. The highest BCUT2D eigenvalue weighted by Gasteiger charge is 2.52. The van der Waals surface area contributed by atoms with Crippen molar-refractivity contribution in [2.75, 3.05) is 33.5 Å². The van der Waals surface area contributed by atoms with Gasteiger partial charge in [0, 0.05) is 7.11 Å². The van der Waals surface area contributed by atoms with Crippen molar-refractivity contribution in [3.8, 4) is 0 Å². The second-order valence-corrected chi connectivity index (χ2v) is 16.7. The van der Waals surface area contributed by atoms with E-state index in [0.717, 1.165) is 31.7 Å². The molecule has 0 aliphatic carbocycles. The topological polar surface area (TPSA) is 137 Å². The van der Waals surface area contributed by atoms with E-state index in [1.165, 1.54) is 19.3 Å². The van der Waals surface area contributed by atoms with Crippen molar-refractivity contribution in [3.05, 3.63) is 25.3 Å². The van der Waals surface area contributed by atoms with E-state index in [1.54, 1.807) is 0 Å². The number of hydrogen-bond donors (Lipinski definition) is 1. The van der Waals surface area contributed by atoms with Crippen LogP contribution in [0.3, 0.4) is 0 Å². The van der Waals surface area contributed by atoms with Crippen LogP contribution < -0.4 is 5.32 Å². The van der Waals surface area contributed by atoms with Gasteiger partial charge in [-0.1, -0.05) is 92.7 Å². The van der Waals surface area contributed by atoms with Crippen LogP contribution in [0.25, 0.3) is 0 Å². The number of ether oxygens (including phenoxy) is 7. The summed E-state index contributed by atoms with van der Waals surface area (Å²) in [4.78, 5) is 37.7. The van der Waals surface area contributed by atoms with Crippen LogP contribution in [0.4, 0.5) is 14.4 Å². The van der Waals surface area contributed by atoms with Crippen LogP contribution in [-0.4, -0.2) is 94.7 Å². The molecule has 1 fully saturated rings. The lowest BCUT2D eigenvalue weighted by molar-refractivity contribution is -0.263. The number of alkyl carbamates (subject to hydrolysis) is 1. The molecule has 5 atom stereocenters. The van der Waals surface area contributed by atoms with Gasteiger partial charge in [0.05, 0.1) is 6.61 Å². The summed E-state index contributed by atoms with van der Waals surface area (Å²) in [6, 6.07) is -0.394. The zero-order valence-corrected chi connectivity index (χ0v) is 27.7. The predicted molar refractivity (Wildman–Crippen MR) is 159 cm³/mol. The van der Waals surface area contributed by atoms with E-state index in [-0.39, 0.29) is 19.8 Å². The second kappa shape index (κ2) is 19.5. The molecule has 1 saturated heterocycles. The van der Waals surface area contributed by atoms with Crippen LogP contribution in [0.15, 0.2) is 25.3 Å². The maximum absolute atomic E-state index is 12.6. The molecule has 0 spiro atoms. The minimum Gasteiger partial charge on any atom is -0.445 e. The minimum absolute atomic E-state index is 0.0434. The maximum Gasteiger partial charge on any atom is 0.509 e. The number of amides is 1. The van der Waals surface area contributed by atoms with Gasteiger partial charge in [-0.05, 0) is 19.1 Å². The third kappa shape index (κ3) is 15.1. The SMILES string of the molecule is C=CCOC(=O)O[C@@H]1[C@@H](NC(=O)OCC(Cl)(Cl)Cl)[C@@H](OC)O[C@H](CO[Si](C)(C)CCCCCC)[C@H]1OC(=O)OCC=C. The molecular weight excluding hydrogens is 637 g/mol. The largest absolute Gasteiger partial charge is 0.509 e. The first kappa shape index (κ1) is 38.3. The fraction of sp³-hybridized carbons (Fsp3) is 0.731. The van der Waals surface area contributed by atoms with E-state index in [9.17, 15) is 14.4 Å². The van der Waals surface area contributed by atoms with Gasteiger partial charge in [0.1, 0.15) is 32.0 Å². The zero-order chi connectivity index (χ0) is 31.8. The van der Waals surface area contributed by atoms with Crippen molar-refractivity contribution in [2.24, 2.45) is 0 Å². The summed E-state index contributed by atoms with van der Waals surface area (Å²) in [5, 5.41) is 2.46. The Kier molecular flexibility index (Phi) is 17.8. The Morgan fingerprint density at radius 3 is 2.07 bits per heavy atom. The molecule has 12 nitrogen and oxygen atoms in total. The first-order valence-electron chi connectivity index (χ1n) is 13.5. The summed E-state index contributed by atoms with van der Waals surface area (Å²) >= 11 is 17.0. The van der Waals surface area contributed by atoms with Crippen molar-refractivity contribution in [3.63, 3.8) is 0 Å². The maximum atomic E-state index is 12.6. The quantitative estimate of drug-likeness (QED) is 0.0481. The van der Waals surface area contributed by atoms with Crippen molar-refractivity contribution in [2.45, 2.75) is 86.2 Å². The molecule has 242 valence electrons. The Hall–Kier alpha value is -1.74. The second-order valence-electron chi connectivity index (χ2n) is 9.89. The van der Waals surface area contributed by atoms with Gasteiger partial charge in [-0.15, -0.1) is 0 Å². The Bertz CT molecular complexity index is 875. The summed E-state index contributed by atoms with van der Waals surface area (Å²) in [6.45, 7) is 12.3. The molecule has 0 radical (unpaired) electrons. The first-order valence-corrected chi connectivity index (χ1v) is 17.7. The Balaban J connectivity index is 3.32. The average molecular weight is 679 g/mol. The van der Waals surface area contributed by atoms with E-state index in [0.29, 0.717) is 0 Å². The van der Waals surface area contributed by atoms with Crippen LogP contribution in [0.5, 0.6) is 0 Å². The highest BCUT2D eigenvalue weighted by Crippen LogP contribution is 2.30. The molecule has 1 aliphatic heterocycles. The fourth-order valence-corrected chi connectivity index (χ4v) is 5.93. The van der Waals surface area contributed by atoms with E-state index in [1.807, 2.05) is 0 Å². The van der Waals surface area contributed by atoms with Gasteiger partial charge in [-0.3, -0.25) is 0 Å². The van der Waals surface area contributed by atoms with E-state index >= 15 is 0 Å². The van der Waals surface area contributed by atoms with Crippen LogP contribution in [0, 0.1) is 0 Å². The van der Waals surface area contributed by atoms with Gasteiger partial charge in [0.25, 0.3) is 0 Å². The Labute approximate surface area is 263 Å². The summed E-state index contributed by atoms with van der Waals surface area (Å²) in [5.74, 6) is 0. The average Bonchev–Trinajstić information content (AvgIpc) is 2.92. The van der Waals surface area contributed by atoms with Crippen molar-refractivity contribution in [1.29, 1.82) is 0 Å². The molecule has 1 rings (SSSR count). The molecule has 16 heteroatoms. The Morgan fingerprint density at radius 1 is 0.952 bits per heavy atom. The van der Waals surface area contributed by atoms with E-state index in [2.05, 4.69) is 38.5 Å². The third-order valence-corrected chi connectivity index (χ3v) is 8.74. The number of carbonyl (C=O) groups is 3. The number of rotatable bonds is 17. The van der Waals surface area contributed by atoms with Crippen molar-refractivity contribution in [1.82, 2.24) is 5.32 Å². The van der Waals surface area contributed by atoms with Crippen LogP contribution in [-0.2, 0) is 37.6 Å². The zero-order valence-electron chi connectivity index (χ0n) is 24.4. The predicted octanol–water partition coefficient (Wildman–Crippen LogP) is 6.04. The van der Waals surface area contributed by atoms with E-state index < -0.39 is 67.8 Å². The van der Waals surface area contributed by atoms with Crippen LogP contribution in [0.2, 0.25) is 19.1 Å². The normalized spacial score (nSPS) is 22.4. The van der Waals surface area contributed by atoms with Crippen LogP contribution in [0.1, 0.15) is 32.6 Å². The molecule has 1 amide bonds. The number of unbranched alkanes of at least 4 members (excludes halogenated alkanes) is 3. The van der Waals surface area contributed by atoms with E-state index in [4.69, 9.17) is 72.4 Å². The fourth-order valence-electron chi connectivity index (χ4n) is 3.90. The highest BCUT2D eigenvalue weighted by atomic mass is 35.6. The molecule has 1 aliphatic rings. The smallest absolute Gasteiger partial charge is 0.445 e. The van der Waals surface area contributed by atoms with Crippen molar-refractivity contribution < 1.29 is 52.0 Å². The molecular formula is C26H42Cl3NO11Si. The molecule has 0 unspecified atom stereocenters. The number of alkyl halides is 3. The molecule has 1 heterocycles. The summed E-state index contributed by atoms with van der Waals surface area (Å²) in [5.41, 5.74) is 0. The first-order chi connectivity index (χ1) is 19.8. The molecule has 0 aromatic rings. The molecule has 42 heavy (non-hydrogen) atoms. The minimum atomic E-state index is -2.18. The highest BCUT2D eigenvalue weighted by molar-refractivity contribution is 6.71. The summed E-state index contributed by atoms with van der Waals surface area (Å²) < 4.78 is 42.0. The number of hydrogen-bond acceptors (Lipinski definition) is 11. The Morgan fingerprint density at radius 2 is 1.55 bits per heavy atom. The van der Waals surface area contributed by atoms with Gasteiger partial charge in [-0.25, -0.2) is 14.4 Å². The molecule has 0 aromatic carbocycles. The van der Waals surface area contributed by atoms with Crippen LogP contribution >= 0.6 is 34.8 Å². The lowest BCUT2D eigenvalue weighted by atomic mass is 9.96. The molecule has 1 N–H and O–H groups in total. The number of carbonyl (C=O) groups excluding carboxylic acids is 3.